The Balaban J connectivity index is 1.91. The molecule has 2 nitrogen and oxygen atoms in total. The van der Waals surface area contributed by atoms with Gasteiger partial charge in [-0.15, -0.1) is 0 Å². The summed E-state index contributed by atoms with van der Waals surface area (Å²) in [5.41, 5.74) is 0.897. The third kappa shape index (κ3) is 1.91. The normalized spacial score (nSPS) is 34.5. The molecule has 2 fully saturated rings. The number of carbonyl (C=O) groups is 1. The average Bonchev–Trinajstić information content (AvgIpc) is 2.61. The number of carbonyl (C=O) groups excluding carboxylic acids is 1. The first kappa shape index (κ1) is 12.8. The van der Waals surface area contributed by atoms with E-state index in [1.807, 2.05) is 12.1 Å². The van der Waals surface area contributed by atoms with E-state index in [4.69, 9.17) is 0 Å². The first-order valence-corrected chi connectivity index (χ1v) is 7.02. The quantitative estimate of drug-likeness (QED) is 0.815. The van der Waals surface area contributed by atoms with Crippen molar-refractivity contribution < 1.29 is 9.18 Å². The van der Waals surface area contributed by atoms with Crippen LogP contribution in [0.4, 0.5) is 4.39 Å². The van der Waals surface area contributed by atoms with Gasteiger partial charge in [0.15, 0.2) is 0 Å². The summed E-state index contributed by atoms with van der Waals surface area (Å²) in [5.74, 6) is 0.471. The predicted molar refractivity (Wildman–Crippen MR) is 72.6 cm³/mol. The monoisotopic (exact) mass is 261 g/mol. The van der Waals surface area contributed by atoms with E-state index in [9.17, 15) is 9.18 Å². The lowest BCUT2D eigenvalue weighted by atomic mass is 9.76. The van der Waals surface area contributed by atoms with Crippen LogP contribution in [-0.4, -0.2) is 29.3 Å². The molecule has 3 rings (SSSR count). The van der Waals surface area contributed by atoms with E-state index in [0.717, 1.165) is 25.7 Å². The van der Waals surface area contributed by atoms with Gasteiger partial charge in [-0.3, -0.25) is 9.69 Å². The first-order chi connectivity index (χ1) is 9.03. The maximum absolute atomic E-state index is 13.0. The van der Waals surface area contributed by atoms with Crippen molar-refractivity contribution >= 4 is 5.78 Å². The molecule has 0 aliphatic carbocycles. The van der Waals surface area contributed by atoms with Gasteiger partial charge in [0.05, 0.1) is 5.54 Å². The molecule has 2 heterocycles. The SMILES string of the molecule is CC(=O)C12CCC(C[C@H](c3ccc(F)cc3)C1)N2C. The van der Waals surface area contributed by atoms with Crippen LogP contribution in [0.5, 0.6) is 0 Å². The van der Waals surface area contributed by atoms with E-state index in [0.29, 0.717) is 12.0 Å². The largest absolute Gasteiger partial charge is 0.298 e. The molecule has 1 aromatic rings. The van der Waals surface area contributed by atoms with Gasteiger partial charge in [0.25, 0.3) is 0 Å². The van der Waals surface area contributed by atoms with Crippen LogP contribution in [0, 0.1) is 5.82 Å². The van der Waals surface area contributed by atoms with E-state index >= 15 is 0 Å². The molecule has 0 saturated carbocycles. The molecule has 0 spiro atoms. The highest BCUT2D eigenvalue weighted by Gasteiger charge is 2.52. The van der Waals surface area contributed by atoms with Crippen molar-refractivity contribution in [2.75, 3.05) is 7.05 Å². The topological polar surface area (TPSA) is 20.3 Å². The Labute approximate surface area is 113 Å². The Kier molecular flexibility index (Phi) is 2.97. The number of likely N-dealkylation sites (N-methyl/N-ethyl adjacent to an activating group) is 1. The smallest absolute Gasteiger partial charge is 0.150 e. The van der Waals surface area contributed by atoms with Crippen molar-refractivity contribution in [2.24, 2.45) is 0 Å². The van der Waals surface area contributed by atoms with E-state index in [1.165, 1.54) is 17.7 Å². The van der Waals surface area contributed by atoms with Gasteiger partial charge in [-0.05, 0) is 63.3 Å². The fourth-order valence-electron chi connectivity index (χ4n) is 4.02. The summed E-state index contributed by atoms with van der Waals surface area (Å²) >= 11 is 0. The zero-order valence-electron chi connectivity index (χ0n) is 11.5. The molecular weight excluding hydrogens is 241 g/mol. The highest BCUT2D eigenvalue weighted by Crippen LogP contribution is 2.49. The third-order valence-corrected chi connectivity index (χ3v) is 5.25. The number of hydrogen-bond donors (Lipinski definition) is 0. The van der Waals surface area contributed by atoms with Crippen LogP contribution in [0.1, 0.15) is 44.1 Å². The summed E-state index contributed by atoms with van der Waals surface area (Å²) in [5, 5.41) is 0. The van der Waals surface area contributed by atoms with Gasteiger partial charge >= 0.3 is 0 Å². The summed E-state index contributed by atoms with van der Waals surface area (Å²) in [4.78, 5) is 14.4. The molecule has 2 aliphatic heterocycles. The standard InChI is InChI=1S/C16H20FNO/c1-11(19)16-8-7-15(18(16)2)9-13(10-16)12-3-5-14(17)6-4-12/h3-6,13,15H,7-10H2,1-2H3/t13-,15?,16?/m0/s1. The lowest BCUT2D eigenvalue weighted by Gasteiger charge is -2.44. The molecule has 19 heavy (non-hydrogen) atoms. The molecule has 2 bridgehead atoms. The molecule has 0 aromatic heterocycles. The highest BCUT2D eigenvalue weighted by molar-refractivity contribution is 5.87. The molecule has 102 valence electrons. The van der Waals surface area contributed by atoms with Crippen LogP contribution < -0.4 is 0 Å². The molecule has 3 heteroatoms. The number of ketones is 1. The van der Waals surface area contributed by atoms with Gasteiger partial charge in [0, 0.05) is 6.04 Å². The second-order valence-corrected chi connectivity index (χ2v) is 6.08. The molecule has 1 aromatic carbocycles. The van der Waals surface area contributed by atoms with Crippen molar-refractivity contribution in [3.05, 3.63) is 35.6 Å². The van der Waals surface area contributed by atoms with Gasteiger partial charge in [0.1, 0.15) is 11.6 Å². The maximum atomic E-state index is 13.0. The minimum atomic E-state index is -0.276. The molecule has 0 amide bonds. The number of fused-ring (bicyclic) bond motifs is 2. The van der Waals surface area contributed by atoms with Crippen molar-refractivity contribution in [1.82, 2.24) is 4.90 Å². The number of halogens is 1. The summed E-state index contributed by atoms with van der Waals surface area (Å²) < 4.78 is 13.0. The van der Waals surface area contributed by atoms with Gasteiger partial charge in [-0.2, -0.15) is 0 Å². The molecule has 0 radical (unpaired) electrons. The van der Waals surface area contributed by atoms with Gasteiger partial charge in [-0.1, -0.05) is 12.1 Å². The summed E-state index contributed by atoms with van der Waals surface area (Å²) in [7, 11) is 2.08. The van der Waals surface area contributed by atoms with Crippen LogP contribution in [0.15, 0.2) is 24.3 Å². The Morgan fingerprint density at radius 1 is 1.37 bits per heavy atom. The number of benzene rings is 1. The van der Waals surface area contributed by atoms with E-state index < -0.39 is 0 Å². The van der Waals surface area contributed by atoms with Gasteiger partial charge in [-0.25, -0.2) is 4.39 Å². The fourth-order valence-corrected chi connectivity index (χ4v) is 4.02. The molecule has 3 atom stereocenters. The lowest BCUT2D eigenvalue weighted by Crippen LogP contribution is -2.54. The van der Waals surface area contributed by atoms with E-state index in [-0.39, 0.29) is 17.1 Å². The van der Waals surface area contributed by atoms with Crippen molar-refractivity contribution in [1.29, 1.82) is 0 Å². The van der Waals surface area contributed by atoms with Crippen LogP contribution in [-0.2, 0) is 4.79 Å². The Morgan fingerprint density at radius 3 is 2.68 bits per heavy atom. The van der Waals surface area contributed by atoms with E-state index in [1.54, 1.807) is 6.92 Å². The molecule has 2 aliphatic rings. The minimum Gasteiger partial charge on any atom is -0.298 e. The molecular formula is C16H20FNO. The van der Waals surface area contributed by atoms with Crippen LogP contribution in [0.2, 0.25) is 0 Å². The summed E-state index contributed by atoms with van der Waals surface area (Å²) in [6.45, 7) is 1.71. The van der Waals surface area contributed by atoms with Crippen molar-refractivity contribution in [2.45, 2.75) is 50.1 Å². The molecule has 2 saturated heterocycles. The number of nitrogens with zero attached hydrogens (tertiary/aromatic N) is 1. The van der Waals surface area contributed by atoms with Crippen LogP contribution >= 0.6 is 0 Å². The molecule has 0 N–H and O–H groups in total. The van der Waals surface area contributed by atoms with Gasteiger partial charge in [0.2, 0.25) is 0 Å². The average molecular weight is 261 g/mol. The number of piperidine rings is 1. The number of rotatable bonds is 2. The minimum absolute atomic E-state index is 0.194. The first-order valence-electron chi connectivity index (χ1n) is 7.02. The number of Topliss-reactive ketones (excluding diaryl/α,β-unsaturated/α-hetero) is 1. The predicted octanol–water partition coefficient (Wildman–Crippen LogP) is 3.13. The third-order valence-electron chi connectivity index (χ3n) is 5.25. The van der Waals surface area contributed by atoms with Crippen LogP contribution in [0.3, 0.4) is 0 Å². The molecule has 2 unspecified atom stereocenters. The van der Waals surface area contributed by atoms with Crippen LogP contribution in [0.25, 0.3) is 0 Å². The highest BCUT2D eigenvalue weighted by atomic mass is 19.1. The second kappa shape index (κ2) is 4.41. The number of hydrogen-bond acceptors (Lipinski definition) is 2. The Hall–Kier alpha value is -1.22. The Bertz CT molecular complexity index is 498. The summed E-state index contributed by atoms with van der Waals surface area (Å²) in [6, 6.07) is 7.29. The lowest BCUT2D eigenvalue weighted by molar-refractivity contribution is -0.129. The second-order valence-electron chi connectivity index (χ2n) is 6.08. The van der Waals surface area contributed by atoms with E-state index in [2.05, 4.69) is 11.9 Å². The summed E-state index contributed by atoms with van der Waals surface area (Å²) in [6.07, 6.45) is 4.03. The fraction of sp³-hybridized carbons (Fsp3) is 0.562. The van der Waals surface area contributed by atoms with Gasteiger partial charge < -0.3 is 0 Å². The zero-order chi connectivity index (χ0) is 13.6. The zero-order valence-corrected chi connectivity index (χ0v) is 11.5. The Morgan fingerprint density at radius 2 is 2.05 bits per heavy atom. The van der Waals surface area contributed by atoms with Crippen molar-refractivity contribution in [3.63, 3.8) is 0 Å². The van der Waals surface area contributed by atoms with Crippen molar-refractivity contribution in [3.8, 4) is 0 Å². The maximum Gasteiger partial charge on any atom is 0.150 e.